The van der Waals surface area contributed by atoms with E-state index < -0.39 is 0 Å². The molecule has 0 aliphatic heterocycles. The molecule has 1 N–H and O–H groups in total. The number of benzene rings is 1. The van der Waals surface area contributed by atoms with Gasteiger partial charge in [0.25, 0.3) is 11.4 Å². The number of nitrogens with one attached hydrogen (secondary N) is 1. The van der Waals surface area contributed by atoms with E-state index in [2.05, 4.69) is 31.1 Å². The van der Waals surface area contributed by atoms with Crippen molar-refractivity contribution in [2.75, 3.05) is 18.6 Å². The topological polar surface area (TPSA) is 71.1 Å². The summed E-state index contributed by atoms with van der Waals surface area (Å²) in [5.74, 6) is 0.351. The van der Waals surface area contributed by atoms with Gasteiger partial charge in [-0.2, -0.15) is 0 Å². The zero-order chi connectivity index (χ0) is 19.2. The molecular weight excluding hydrogens is 467 g/mol. The minimum atomic E-state index is -0.325. The Bertz CT molecular complexity index is 952. The minimum Gasteiger partial charge on any atom is -0.475 e. The number of aromatic nitrogens is 3. The molecule has 0 aliphatic rings. The summed E-state index contributed by atoms with van der Waals surface area (Å²) in [6.45, 7) is 0.460. The van der Waals surface area contributed by atoms with Crippen molar-refractivity contribution in [1.82, 2.24) is 15.2 Å². The Morgan fingerprint density at radius 2 is 2.00 bits per heavy atom. The fourth-order valence-electron chi connectivity index (χ4n) is 2.57. The number of hydrogen-bond donors (Lipinski definition) is 1. The summed E-state index contributed by atoms with van der Waals surface area (Å²) in [5, 5.41) is 7.24. The van der Waals surface area contributed by atoms with E-state index in [9.17, 15) is 4.79 Å². The first-order valence-corrected chi connectivity index (χ1v) is 9.52. The number of anilines is 2. The van der Waals surface area contributed by atoms with Gasteiger partial charge in [0.15, 0.2) is 0 Å². The predicted molar refractivity (Wildman–Crippen MR) is 117 cm³/mol. The van der Waals surface area contributed by atoms with Crippen LogP contribution in [0.5, 0.6) is 5.88 Å². The van der Waals surface area contributed by atoms with Gasteiger partial charge in [-0.15, -0.1) is 17.5 Å². The standard InChI is InChI=1S/C19H18BrClN4O2.ClH/c1-25(15-5-2-10-22-12-15)17-16(20)18(26)23-24-19(17)27-11-3-4-13-6-8-14(21)9-7-13;/h2,5-10,12H,3-4,11H2,1H3,(H,23,26);1H. The van der Waals surface area contributed by atoms with Gasteiger partial charge in [-0.1, -0.05) is 23.7 Å². The maximum atomic E-state index is 12.0. The van der Waals surface area contributed by atoms with Crippen LogP contribution in [0.2, 0.25) is 5.02 Å². The molecule has 0 radical (unpaired) electrons. The highest BCUT2D eigenvalue weighted by Gasteiger charge is 2.19. The lowest BCUT2D eigenvalue weighted by Crippen LogP contribution is -2.20. The van der Waals surface area contributed by atoms with Crippen molar-refractivity contribution in [2.24, 2.45) is 0 Å². The number of nitrogens with zero attached hydrogens (tertiary/aromatic N) is 3. The zero-order valence-electron chi connectivity index (χ0n) is 15.1. The first kappa shape index (κ1) is 22.2. The van der Waals surface area contributed by atoms with Crippen LogP contribution in [0.15, 0.2) is 58.1 Å². The van der Waals surface area contributed by atoms with E-state index in [4.69, 9.17) is 16.3 Å². The number of aromatic amines is 1. The van der Waals surface area contributed by atoms with Gasteiger partial charge in [0.2, 0.25) is 0 Å². The van der Waals surface area contributed by atoms with Crippen molar-refractivity contribution < 1.29 is 4.74 Å². The molecule has 148 valence electrons. The number of H-pyrrole nitrogens is 1. The van der Waals surface area contributed by atoms with Crippen LogP contribution in [0, 0.1) is 0 Å². The quantitative estimate of drug-likeness (QED) is 0.487. The Labute approximate surface area is 182 Å². The number of pyridine rings is 1. The van der Waals surface area contributed by atoms with E-state index in [0.717, 1.165) is 23.6 Å². The molecule has 0 bridgehead atoms. The Morgan fingerprint density at radius 1 is 1.25 bits per heavy atom. The summed E-state index contributed by atoms with van der Waals surface area (Å²) in [7, 11) is 1.83. The number of ether oxygens (including phenoxy) is 1. The van der Waals surface area contributed by atoms with Crippen molar-refractivity contribution >= 4 is 51.3 Å². The molecule has 28 heavy (non-hydrogen) atoms. The van der Waals surface area contributed by atoms with Crippen LogP contribution >= 0.6 is 39.9 Å². The Kier molecular flexibility index (Phi) is 8.29. The van der Waals surface area contributed by atoms with E-state index >= 15 is 0 Å². The third kappa shape index (κ3) is 5.47. The maximum Gasteiger partial charge on any atom is 0.280 e. The van der Waals surface area contributed by atoms with Gasteiger partial charge in [0.1, 0.15) is 10.2 Å². The zero-order valence-corrected chi connectivity index (χ0v) is 18.2. The molecule has 0 amide bonds. The van der Waals surface area contributed by atoms with Gasteiger partial charge >= 0.3 is 0 Å². The van der Waals surface area contributed by atoms with Crippen LogP contribution in [-0.2, 0) is 6.42 Å². The number of halogens is 3. The third-order valence-electron chi connectivity index (χ3n) is 4.00. The fraction of sp³-hybridized carbons (Fsp3) is 0.211. The minimum absolute atomic E-state index is 0. The van der Waals surface area contributed by atoms with E-state index in [1.165, 1.54) is 5.56 Å². The SMILES string of the molecule is CN(c1cccnc1)c1c(OCCCc2ccc(Cl)cc2)n[nH]c(=O)c1Br.Cl. The summed E-state index contributed by atoms with van der Waals surface area (Å²) in [6.07, 6.45) is 5.06. The van der Waals surface area contributed by atoms with Crippen LogP contribution in [0.4, 0.5) is 11.4 Å². The van der Waals surface area contributed by atoms with Crippen LogP contribution in [-0.4, -0.2) is 28.8 Å². The molecule has 0 atom stereocenters. The largest absolute Gasteiger partial charge is 0.475 e. The monoisotopic (exact) mass is 484 g/mol. The fourth-order valence-corrected chi connectivity index (χ4v) is 3.22. The molecule has 0 saturated heterocycles. The number of hydrogen-bond acceptors (Lipinski definition) is 5. The summed E-state index contributed by atoms with van der Waals surface area (Å²) < 4.78 is 6.22. The van der Waals surface area contributed by atoms with Crippen molar-refractivity contribution in [3.8, 4) is 5.88 Å². The first-order valence-electron chi connectivity index (χ1n) is 8.35. The molecule has 2 aromatic heterocycles. The first-order chi connectivity index (χ1) is 13.1. The van der Waals surface area contributed by atoms with Crippen LogP contribution in [0.3, 0.4) is 0 Å². The molecule has 3 aromatic rings. The number of aryl methyl sites for hydroxylation is 1. The van der Waals surface area contributed by atoms with Crippen molar-refractivity contribution in [3.05, 3.63) is 74.2 Å². The summed E-state index contributed by atoms with van der Waals surface area (Å²) >= 11 is 9.25. The van der Waals surface area contributed by atoms with Gasteiger partial charge in [-0.05, 0) is 58.6 Å². The molecule has 1 aromatic carbocycles. The summed E-state index contributed by atoms with van der Waals surface area (Å²) in [4.78, 5) is 17.9. The van der Waals surface area contributed by atoms with Crippen LogP contribution in [0.1, 0.15) is 12.0 Å². The lowest BCUT2D eigenvalue weighted by atomic mass is 10.1. The average molecular weight is 486 g/mol. The average Bonchev–Trinajstić information content (AvgIpc) is 2.69. The smallest absolute Gasteiger partial charge is 0.280 e. The van der Waals surface area contributed by atoms with E-state index in [0.29, 0.717) is 22.6 Å². The Morgan fingerprint density at radius 3 is 2.68 bits per heavy atom. The summed E-state index contributed by atoms with van der Waals surface area (Å²) in [5.41, 5.74) is 2.23. The molecule has 0 unspecified atom stereocenters. The Balaban J connectivity index is 0.00000280. The van der Waals surface area contributed by atoms with E-state index in [1.54, 1.807) is 12.4 Å². The normalized spacial score (nSPS) is 10.2. The molecular formula is C19H19BrCl2N4O2. The second-order valence-electron chi connectivity index (χ2n) is 5.87. The molecule has 3 rings (SSSR count). The van der Waals surface area contributed by atoms with Gasteiger partial charge in [-0.25, -0.2) is 5.10 Å². The highest BCUT2D eigenvalue weighted by atomic mass is 79.9. The van der Waals surface area contributed by atoms with Gasteiger partial charge < -0.3 is 9.64 Å². The second-order valence-corrected chi connectivity index (χ2v) is 7.10. The van der Waals surface area contributed by atoms with Crippen molar-refractivity contribution in [3.63, 3.8) is 0 Å². The molecule has 6 nitrogen and oxygen atoms in total. The van der Waals surface area contributed by atoms with Crippen LogP contribution < -0.4 is 15.2 Å². The second kappa shape index (κ2) is 10.5. The molecule has 0 aliphatic carbocycles. The van der Waals surface area contributed by atoms with Crippen molar-refractivity contribution in [2.45, 2.75) is 12.8 Å². The van der Waals surface area contributed by atoms with Crippen molar-refractivity contribution in [1.29, 1.82) is 0 Å². The maximum absolute atomic E-state index is 12.0. The molecule has 9 heteroatoms. The highest BCUT2D eigenvalue weighted by Crippen LogP contribution is 2.34. The molecule has 0 spiro atoms. The third-order valence-corrected chi connectivity index (χ3v) is 4.99. The van der Waals surface area contributed by atoms with Gasteiger partial charge in [-0.3, -0.25) is 9.78 Å². The lowest BCUT2D eigenvalue weighted by Gasteiger charge is -2.22. The summed E-state index contributed by atoms with van der Waals surface area (Å²) in [6, 6.07) is 11.5. The lowest BCUT2D eigenvalue weighted by molar-refractivity contribution is 0.296. The van der Waals surface area contributed by atoms with Crippen LogP contribution in [0.25, 0.3) is 0 Å². The van der Waals surface area contributed by atoms with Gasteiger partial charge in [0.05, 0.1) is 18.5 Å². The number of rotatable bonds is 7. The van der Waals surface area contributed by atoms with E-state index in [-0.39, 0.29) is 18.0 Å². The predicted octanol–water partition coefficient (Wildman–Crippen LogP) is 4.78. The highest BCUT2D eigenvalue weighted by molar-refractivity contribution is 9.10. The molecule has 0 fully saturated rings. The van der Waals surface area contributed by atoms with Gasteiger partial charge in [0, 0.05) is 18.3 Å². The molecule has 2 heterocycles. The van der Waals surface area contributed by atoms with E-state index in [1.807, 2.05) is 48.3 Å². The molecule has 0 saturated carbocycles. The Hall–Kier alpha value is -2.09.